The van der Waals surface area contributed by atoms with Crippen LogP contribution < -0.4 is 0 Å². The van der Waals surface area contributed by atoms with Crippen molar-refractivity contribution in [3.63, 3.8) is 0 Å². The number of carbonyl (C=O) groups is 2. The van der Waals surface area contributed by atoms with Crippen molar-refractivity contribution in [2.45, 2.75) is 31.6 Å². The zero-order chi connectivity index (χ0) is 18.4. The van der Waals surface area contributed by atoms with Gasteiger partial charge >= 0.3 is 0 Å². The molecule has 0 saturated heterocycles. The molecule has 134 valence electrons. The molecule has 0 N–H and O–H groups in total. The van der Waals surface area contributed by atoms with Gasteiger partial charge in [-0.1, -0.05) is 55.0 Å². The number of hydrogen-bond acceptors (Lipinski definition) is 2. The van der Waals surface area contributed by atoms with E-state index in [9.17, 15) is 9.59 Å². The zero-order valence-corrected chi connectivity index (χ0v) is 15.2. The van der Waals surface area contributed by atoms with Crippen LogP contribution in [0.2, 0.25) is 0 Å². The lowest BCUT2D eigenvalue weighted by Crippen LogP contribution is -2.30. The van der Waals surface area contributed by atoms with Gasteiger partial charge in [0.25, 0.3) is 11.8 Å². The van der Waals surface area contributed by atoms with E-state index in [1.165, 1.54) is 26.8 Å². The second-order valence-corrected chi connectivity index (χ2v) is 7.57. The van der Waals surface area contributed by atoms with Crippen molar-refractivity contribution in [1.82, 2.24) is 4.90 Å². The molecule has 0 bridgehead atoms. The highest BCUT2D eigenvalue weighted by Gasteiger charge is 2.34. The summed E-state index contributed by atoms with van der Waals surface area (Å²) >= 11 is 0. The number of fused-ring (bicyclic) bond motifs is 1. The van der Waals surface area contributed by atoms with E-state index in [4.69, 9.17) is 0 Å². The molecule has 2 amide bonds. The lowest BCUT2D eigenvalue weighted by Gasteiger charge is -2.15. The fraction of sp³-hybridized carbons (Fsp3) is 0.250. The largest absolute Gasteiger partial charge is 0.274 e. The number of imide groups is 1. The summed E-state index contributed by atoms with van der Waals surface area (Å²) in [5, 5.41) is 2.77. The first-order valence-corrected chi connectivity index (χ1v) is 9.70. The zero-order valence-electron chi connectivity index (χ0n) is 15.2. The predicted octanol–water partition coefficient (Wildman–Crippen LogP) is 4.95. The first-order valence-electron chi connectivity index (χ1n) is 9.70. The van der Waals surface area contributed by atoms with Crippen LogP contribution >= 0.6 is 0 Å². The molecule has 0 aromatic heterocycles. The molecule has 0 spiro atoms. The number of benzene rings is 3. The Labute approximate surface area is 158 Å². The van der Waals surface area contributed by atoms with Gasteiger partial charge in [-0.25, -0.2) is 0 Å². The summed E-state index contributed by atoms with van der Waals surface area (Å²) in [6, 6.07) is 20.3. The molecule has 0 saturated carbocycles. The van der Waals surface area contributed by atoms with Gasteiger partial charge in [0.2, 0.25) is 0 Å². The first kappa shape index (κ1) is 16.2. The number of unbranched alkanes of at least 4 members (excludes halogenated alkanes) is 1. The Morgan fingerprint density at radius 1 is 0.815 bits per heavy atom. The van der Waals surface area contributed by atoms with Crippen molar-refractivity contribution >= 4 is 22.6 Å². The van der Waals surface area contributed by atoms with E-state index in [1.807, 2.05) is 12.1 Å². The number of hydrogen-bond donors (Lipinski definition) is 0. The Balaban J connectivity index is 1.22. The molecule has 1 heterocycles. The molecule has 27 heavy (non-hydrogen) atoms. The van der Waals surface area contributed by atoms with Crippen LogP contribution in [0.4, 0.5) is 0 Å². The van der Waals surface area contributed by atoms with Crippen molar-refractivity contribution in [2.24, 2.45) is 0 Å². The minimum absolute atomic E-state index is 0.145. The standard InChI is InChI=1S/C24H21NO2/c26-23-20-11-1-2-12-21(20)24(27)25(23)14-4-3-7-17-15-18-10-5-8-16-9-6-13-19(17)22(16)18/h1-2,5-6,8-13,17H,3-4,7,14-15H2. The van der Waals surface area contributed by atoms with Crippen molar-refractivity contribution in [3.05, 3.63) is 82.9 Å². The lowest BCUT2D eigenvalue weighted by molar-refractivity contribution is 0.0651. The fourth-order valence-corrected chi connectivity index (χ4v) is 4.70. The number of nitrogens with zero attached hydrogens (tertiary/aromatic N) is 1. The van der Waals surface area contributed by atoms with Crippen molar-refractivity contribution < 1.29 is 9.59 Å². The topological polar surface area (TPSA) is 37.4 Å². The Bertz CT molecular complexity index is 1030. The van der Waals surface area contributed by atoms with Gasteiger partial charge in [-0.3, -0.25) is 14.5 Å². The SMILES string of the molecule is O=C1c2ccccc2C(=O)N1CCCCC1Cc2cccc3cccc1c23. The molecule has 3 aromatic carbocycles. The van der Waals surface area contributed by atoms with Crippen LogP contribution in [0.3, 0.4) is 0 Å². The minimum Gasteiger partial charge on any atom is -0.274 e. The van der Waals surface area contributed by atoms with E-state index >= 15 is 0 Å². The van der Waals surface area contributed by atoms with Crippen LogP contribution in [-0.4, -0.2) is 23.3 Å². The average molecular weight is 355 g/mol. The van der Waals surface area contributed by atoms with Gasteiger partial charge in [0.05, 0.1) is 11.1 Å². The highest BCUT2D eigenvalue weighted by molar-refractivity contribution is 6.21. The average Bonchev–Trinajstić information content (AvgIpc) is 3.18. The molecule has 3 heteroatoms. The molecule has 3 nitrogen and oxygen atoms in total. The van der Waals surface area contributed by atoms with Crippen LogP contribution in [0.25, 0.3) is 10.8 Å². The highest BCUT2D eigenvalue weighted by Crippen LogP contribution is 2.40. The summed E-state index contributed by atoms with van der Waals surface area (Å²) < 4.78 is 0. The summed E-state index contributed by atoms with van der Waals surface area (Å²) in [6.45, 7) is 0.510. The molecule has 1 aliphatic carbocycles. The lowest BCUT2D eigenvalue weighted by atomic mass is 9.94. The summed E-state index contributed by atoms with van der Waals surface area (Å²) in [4.78, 5) is 26.3. The maximum atomic E-state index is 12.4. The summed E-state index contributed by atoms with van der Waals surface area (Å²) in [5.74, 6) is 0.260. The minimum atomic E-state index is -0.145. The predicted molar refractivity (Wildman–Crippen MR) is 106 cm³/mol. The summed E-state index contributed by atoms with van der Waals surface area (Å²) in [6.07, 6.45) is 4.07. The van der Waals surface area contributed by atoms with Gasteiger partial charge in [0.1, 0.15) is 0 Å². The number of carbonyl (C=O) groups excluding carboxylic acids is 2. The van der Waals surface area contributed by atoms with Gasteiger partial charge in [-0.2, -0.15) is 0 Å². The van der Waals surface area contributed by atoms with E-state index in [1.54, 1.807) is 12.1 Å². The van der Waals surface area contributed by atoms with Gasteiger partial charge < -0.3 is 0 Å². The smallest absolute Gasteiger partial charge is 0.261 e. The van der Waals surface area contributed by atoms with Crippen LogP contribution in [0.15, 0.2) is 60.7 Å². The van der Waals surface area contributed by atoms with Gasteiger partial charge in [-0.05, 0) is 59.2 Å². The maximum Gasteiger partial charge on any atom is 0.261 e. The molecular weight excluding hydrogens is 334 g/mol. The maximum absolute atomic E-state index is 12.4. The second-order valence-electron chi connectivity index (χ2n) is 7.57. The normalized spacial score (nSPS) is 17.8. The van der Waals surface area contributed by atoms with E-state index in [0.717, 1.165) is 25.7 Å². The second kappa shape index (κ2) is 6.34. The number of amides is 2. The van der Waals surface area contributed by atoms with Crippen LogP contribution in [0.5, 0.6) is 0 Å². The quantitative estimate of drug-likeness (QED) is 0.480. The molecule has 1 atom stereocenters. The van der Waals surface area contributed by atoms with Crippen LogP contribution in [-0.2, 0) is 6.42 Å². The Kier molecular flexibility index (Phi) is 3.82. The highest BCUT2D eigenvalue weighted by atomic mass is 16.2. The van der Waals surface area contributed by atoms with Crippen LogP contribution in [0, 0.1) is 0 Å². The Hall–Kier alpha value is -2.94. The first-order chi connectivity index (χ1) is 13.2. The van der Waals surface area contributed by atoms with E-state index in [-0.39, 0.29) is 11.8 Å². The molecular formula is C24H21NO2. The number of rotatable bonds is 5. The third-order valence-corrected chi connectivity index (χ3v) is 5.99. The van der Waals surface area contributed by atoms with Gasteiger partial charge in [0, 0.05) is 6.54 Å². The molecule has 1 unspecified atom stereocenters. The Morgan fingerprint density at radius 3 is 2.26 bits per heavy atom. The molecule has 3 aromatic rings. The molecule has 2 aliphatic rings. The van der Waals surface area contributed by atoms with Crippen LogP contribution in [0.1, 0.15) is 57.0 Å². The Morgan fingerprint density at radius 2 is 1.52 bits per heavy atom. The van der Waals surface area contributed by atoms with E-state index < -0.39 is 0 Å². The van der Waals surface area contributed by atoms with E-state index in [2.05, 4.69) is 36.4 Å². The van der Waals surface area contributed by atoms with Crippen molar-refractivity contribution in [3.8, 4) is 0 Å². The van der Waals surface area contributed by atoms with Gasteiger partial charge in [0.15, 0.2) is 0 Å². The fourth-order valence-electron chi connectivity index (χ4n) is 4.70. The summed E-state index contributed by atoms with van der Waals surface area (Å²) in [5.41, 5.74) is 4.00. The molecule has 5 rings (SSSR count). The third-order valence-electron chi connectivity index (χ3n) is 5.99. The van der Waals surface area contributed by atoms with Crippen molar-refractivity contribution in [1.29, 1.82) is 0 Å². The summed E-state index contributed by atoms with van der Waals surface area (Å²) in [7, 11) is 0. The third kappa shape index (κ3) is 2.57. The molecule has 1 aliphatic heterocycles. The van der Waals surface area contributed by atoms with Crippen molar-refractivity contribution in [2.75, 3.05) is 6.54 Å². The molecule has 0 fully saturated rings. The van der Waals surface area contributed by atoms with Gasteiger partial charge in [-0.15, -0.1) is 0 Å². The van der Waals surface area contributed by atoms with E-state index in [0.29, 0.717) is 23.6 Å². The molecule has 0 radical (unpaired) electrons. The monoisotopic (exact) mass is 355 g/mol.